The zero-order chi connectivity index (χ0) is 9.10. The molecule has 14 heavy (non-hydrogen) atoms. The minimum atomic E-state index is 0. The minimum Gasteiger partial charge on any atom is -0.508 e. The normalized spacial score (nSPS) is 21.3. The first-order valence-corrected chi connectivity index (χ1v) is 4.69. The van der Waals surface area contributed by atoms with E-state index < -0.39 is 0 Å². The van der Waals surface area contributed by atoms with Crippen molar-refractivity contribution in [2.24, 2.45) is 0 Å². The van der Waals surface area contributed by atoms with Gasteiger partial charge in [0.25, 0.3) is 0 Å². The summed E-state index contributed by atoms with van der Waals surface area (Å²) in [7, 11) is 0. The fraction of sp³-hybridized carbons (Fsp3) is 0.364. The monoisotopic (exact) mass is 363 g/mol. The van der Waals surface area contributed by atoms with Gasteiger partial charge in [-0.1, -0.05) is 24.1 Å². The van der Waals surface area contributed by atoms with Crippen LogP contribution in [0, 0.1) is 6.42 Å². The molecule has 2 rings (SSSR count). The summed E-state index contributed by atoms with van der Waals surface area (Å²) in [4.78, 5) is 0. The second-order valence-electron chi connectivity index (χ2n) is 3.43. The second-order valence-corrected chi connectivity index (χ2v) is 3.43. The first-order valence-electron chi connectivity index (χ1n) is 4.69. The van der Waals surface area contributed by atoms with Gasteiger partial charge in [-0.2, -0.15) is 0 Å². The van der Waals surface area contributed by atoms with Crippen LogP contribution in [0.5, 0.6) is 5.75 Å². The Hall–Kier alpha value is -0.358. The van der Waals surface area contributed by atoms with Crippen molar-refractivity contribution in [1.29, 1.82) is 0 Å². The third kappa shape index (κ3) is 2.82. The Bertz CT molecular complexity index is 284. The van der Waals surface area contributed by atoms with Gasteiger partial charge in [0.1, 0.15) is 5.75 Å². The summed E-state index contributed by atoms with van der Waals surface area (Å²) < 4.78 is 0. The van der Waals surface area contributed by atoms with E-state index in [-0.39, 0.29) is 20.4 Å². The number of rotatable bonds is 1. The number of piperidine rings is 1. The number of phenols is 1. The molecular weight excluding hydrogens is 348 g/mol. The van der Waals surface area contributed by atoms with Gasteiger partial charge in [0.05, 0.1) is 0 Å². The molecule has 0 aromatic heterocycles. The van der Waals surface area contributed by atoms with E-state index in [0.717, 1.165) is 19.5 Å². The number of aromatic hydroxyl groups is 1. The second kappa shape index (κ2) is 5.51. The van der Waals surface area contributed by atoms with E-state index in [2.05, 4.69) is 17.8 Å². The Morgan fingerprint density at radius 2 is 2.29 bits per heavy atom. The van der Waals surface area contributed by atoms with Crippen molar-refractivity contribution in [2.75, 3.05) is 13.1 Å². The number of hydrogen-bond acceptors (Lipinski definition) is 2. The summed E-state index contributed by atoms with van der Waals surface area (Å²) in [5.41, 5.74) is 1.22. The predicted octanol–water partition coefficient (Wildman–Crippen LogP) is 1.67. The summed E-state index contributed by atoms with van der Waals surface area (Å²) in [6, 6.07) is 7.55. The van der Waals surface area contributed by atoms with Crippen molar-refractivity contribution in [3.63, 3.8) is 0 Å². The quantitative estimate of drug-likeness (QED) is 0.745. The van der Waals surface area contributed by atoms with Crippen LogP contribution >= 0.6 is 0 Å². The summed E-state index contributed by atoms with van der Waals surface area (Å²) in [6.07, 6.45) is 3.39. The Labute approximate surface area is 98.4 Å². The van der Waals surface area contributed by atoms with Crippen LogP contribution < -0.4 is 5.32 Å². The molecule has 1 saturated heterocycles. The van der Waals surface area contributed by atoms with Crippen LogP contribution in [0.15, 0.2) is 24.3 Å². The molecule has 0 spiro atoms. The van der Waals surface area contributed by atoms with Crippen LogP contribution in [0.1, 0.15) is 17.9 Å². The topological polar surface area (TPSA) is 32.3 Å². The number of hydrogen-bond donors (Lipinski definition) is 2. The summed E-state index contributed by atoms with van der Waals surface area (Å²) in [6.45, 7) is 2.04. The van der Waals surface area contributed by atoms with Gasteiger partial charge < -0.3 is 16.8 Å². The first kappa shape index (κ1) is 11.7. The smallest absolute Gasteiger partial charge is 0.115 e. The zero-order valence-electron chi connectivity index (χ0n) is 7.91. The molecule has 1 atom stereocenters. The summed E-state index contributed by atoms with van der Waals surface area (Å²) in [5, 5.41) is 12.6. The Balaban J connectivity index is 0.000000980. The fourth-order valence-electron chi connectivity index (χ4n) is 1.76. The van der Waals surface area contributed by atoms with Gasteiger partial charge in [-0.3, -0.25) is 0 Å². The molecule has 77 valence electrons. The van der Waals surface area contributed by atoms with Crippen LogP contribution in [0.3, 0.4) is 0 Å². The molecule has 2 N–H and O–H groups in total. The molecule has 0 amide bonds. The van der Waals surface area contributed by atoms with Crippen molar-refractivity contribution < 1.29 is 25.5 Å². The van der Waals surface area contributed by atoms with Gasteiger partial charge >= 0.3 is 0 Å². The SMILES string of the molecule is Oc1cccc(C2[CH-]CNCC2)c1.[Re]. The fourth-order valence-corrected chi connectivity index (χ4v) is 1.76. The standard InChI is InChI=1S/C11H14NO.Re/c13-11-3-1-2-10(8-11)9-4-6-12-7-5-9;/h1-4,8-9,12-13H,5-7H2;/q-1;. The van der Waals surface area contributed by atoms with E-state index in [1.165, 1.54) is 5.56 Å². The Morgan fingerprint density at radius 3 is 2.93 bits per heavy atom. The van der Waals surface area contributed by atoms with Gasteiger partial charge in [0, 0.05) is 20.4 Å². The van der Waals surface area contributed by atoms with Crippen molar-refractivity contribution in [3.05, 3.63) is 36.2 Å². The van der Waals surface area contributed by atoms with Crippen molar-refractivity contribution in [1.82, 2.24) is 5.32 Å². The first-order chi connectivity index (χ1) is 6.36. The molecule has 1 aromatic rings. The van der Waals surface area contributed by atoms with E-state index in [1.807, 2.05) is 12.1 Å². The average molecular weight is 362 g/mol. The molecule has 0 aliphatic carbocycles. The molecule has 1 aromatic carbocycles. The zero-order valence-corrected chi connectivity index (χ0v) is 10.6. The minimum absolute atomic E-state index is 0. The Kier molecular flexibility index (Phi) is 4.61. The van der Waals surface area contributed by atoms with E-state index in [9.17, 15) is 5.11 Å². The van der Waals surface area contributed by atoms with E-state index in [1.54, 1.807) is 6.07 Å². The van der Waals surface area contributed by atoms with E-state index >= 15 is 0 Å². The van der Waals surface area contributed by atoms with Gasteiger partial charge in [-0.15, -0.1) is 12.5 Å². The van der Waals surface area contributed by atoms with Crippen molar-refractivity contribution >= 4 is 0 Å². The number of phenolic OH excluding ortho intramolecular Hbond substituents is 1. The van der Waals surface area contributed by atoms with Crippen LogP contribution in [-0.2, 0) is 20.4 Å². The predicted molar refractivity (Wildman–Crippen MR) is 52.6 cm³/mol. The molecular formula is C11H14NORe-. The maximum Gasteiger partial charge on any atom is 0.115 e. The van der Waals surface area contributed by atoms with E-state index in [0.29, 0.717) is 11.7 Å². The van der Waals surface area contributed by atoms with Gasteiger partial charge in [0.2, 0.25) is 0 Å². The van der Waals surface area contributed by atoms with Crippen LogP contribution in [0.2, 0.25) is 0 Å². The molecule has 1 aliphatic rings. The van der Waals surface area contributed by atoms with Gasteiger partial charge in [0.15, 0.2) is 0 Å². The third-order valence-electron chi connectivity index (χ3n) is 2.48. The van der Waals surface area contributed by atoms with Crippen LogP contribution in [0.25, 0.3) is 0 Å². The number of benzene rings is 1. The average Bonchev–Trinajstić information content (AvgIpc) is 2.19. The summed E-state index contributed by atoms with van der Waals surface area (Å²) >= 11 is 0. The molecule has 1 unspecified atom stereocenters. The molecule has 1 aliphatic heterocycles. The molecule has 1 heterocycles. The molecule has 1 radical (unpaired) electrons. The third-order valence-corrected chi connectivity index (χ3v) is 2.48. The molecule has 1 fully saturated rings. The van der Waals surface area contributed by atoms with Crippen molar-refractivity contribution in [3.8, 4) is 5.75 Å². The number of nitrogens with one attached hydrogen (secondary N) is 1. The molecule has 0 bridgehead atoms. The van der Waals surface area contributed by atoms with Crippen LogP contribution in [0.4, 0.5) is 0 Å². The van der Waals surface area contributed by atoms with E-state index in [4.69, 9.17) is 0 Å². The molecule has 3 heteroatoms. The molecule has 0 saturated carbocycles. The summed E-state index contributed by atoms with van der Waals surface area (Å²) in [5.74, 6) is 0.873. The maximum absolute atomic E-state index is 9.31. The Morgan fingerprint density at radius 1 is 1.43 bits per heavy atom. The van der Waals surface area contributed by atoms with Gasteiger partial charge in [-0.05, 0) is 18.7 Å². The largest absolute Gasteiger partial charge is 0.508 e. The van der Waals surface area contributed by atoms with Crippen molar-refractivity contribution in [2.45, 2.75) is 12.3 Å². The van der Waals surface area contributed by atoms with Gasteiger partial charge in [-0.25, -0.2) is 0 Å². The molecule has 2 nitrogen and oxygen atoms in total. The van der Waals surface area contributed by atoms with Crippen LogP contribution in [-0.4, -0.2) is 18.2 Å². The maximum atomic E-state index is 9.31.